The van der Waals surface area contributed by atoms with Crippen LogP contribution in [-0.2, 0) is 22.4 Å². The van der Waals surface area contributed by atoms with Crippen molar-refractivity contribution in [3.05, 3.63) is 16.0 Å². The predicted octanol–water partition coefficient (Wildman–Crippen LogP) is 2.14. The third-order valence-electron chi connectivity index (χ3n) is 5.12. The number of ether oxygens (including phenoxy) is 1. The number of rotatable bonds is 4. The highest BCUT2D eigenvalue weighted by Crippen LogP contribution is 2.48. The number of carbonyl (C=O) groups is 1. The van der Waals surface area contributed by atoms with Gasteiger partial charge in [0.2, 0.25) is 5.95 Å². The maximum atomic E-state index is 11.8. The topological polar surface area (TPSA) is 84.3 Å². The molecule has 2 aromatic rings. The Kier molecular flexibility index (Phi) is 4.38. The minimum absolute atomic E-state index is 0.0766. The summed E-state index contributed by atoms with van der Waals surface area (Å²) in [7, 11) is 0. The van der Waals surface area contributed by atoms with Crippen LogP contribution in [-0.4, -0.2) is 39.3 Å². The van der Waals surface area contributed by atoms with Gasteiger partial charge in [0.25, 0.3) is 0 Å². The van der Waals surface area contributed by atoms with Crippen LogP contribution in [0.4, 0.5) is 5.95 Å². The zero-order valence-electron chi connectivity index (χ0n) is 15.3. The van der Waals surface area contributed by atoms with E-state index in [9.17, 15) is 4.79 Å². The van der Waals surface area contributed by atoms with Crippen molar-refractivity contribution in [1.29, 1.82) is 0 Å². The van der Waals surface area contributed by atoms with Crippen molar-refractivity contribution in [2.24, 2.45) is 0 Å². The Morgan fingerprint density at radius 3 is 3.07 bits per heavy atom. The molecule has 0 radical (unpaired) electrons. The molecule has 2 unspecified atom stereocenters. The molecule has 8 nitrogen and oxygen atoms in total. The average Bonchev–Trinajstić information content (AvgIpc) is 3.33. The quantitative estimate of drug-likeness (QED) is 0.590. The second-order valence-corrected chi connectivity index (χ2v) is 8.96. The summed E-state index contributed by atoms with van der Waals surface area (Å²) in [6, 6.07) is 0. The predicted molar refractivity (Wildman–Crippen MR) is 104 cm³/mol. The summed E-state index contributed by atoms with van der Waals surface area (Å²) in [4.78, 5) is 13.3. The van der Waals surface area contributed by atoms with E-state index in [0.29, 0.717) is 6.61 Å². The number of thiophene rings is 1. The van der Waals surface area contributed by atoms with Gasteiger partial charge in [-0.2, -0.15) is 0 Å². The minimum atomic E-state index is -0.228. The van der Waals surface area contributed by atoms with Crippen LogP contribution >= 0.6 is 23.1 Å². The molecule has 2 aliphatic heterocycles. The number of hydrogen-bond acceptors (Lipinski definition) is 9. The number of carbonyl (C=O) groups excluding carboxylic acids is 1. The van der Waals surface area contributed by atoms with Crippen molar-refractivity contribution in [3.63, 3.8) is 0 Å². The van der Waals surface area contributed by atoms with Crippen molar-refractivity contribution in [1.82, 2.24) is 25.5 Å². The van der Waals surface area contributed by atoms with E-state index in [4.69, 9.17) is 4.74 Å². The van der Waals surface area contributed by atoms with Gasteiger partial charge in [0.1, 0.15) is 11.2 Å². The normalized spacial score (nSPS) is 22.8. The number of nitrogens with one attached hydrogen (secondary N) is 2. The maximum absolute atomic E-state index is 11.8. The van der Waals surface area contributed by atoms with Crippen LogP contribution in [0.15, 0.2) is 5.16 Å². The molecule has 0 saturated carbocycles. The van der Waals surface area contributed by atoms with Gasteiger partial charge in [-0.3, -0.25) is 15.1 Å². The van der Waals surface area contributed by atoms with Gasteiger partial charge in [0.15, 0.2) is 5.16 Å². The molecule has 1 fully saturated rings. The minimum Gasteiger partial charge on any atom is -0.465 e. The SMILES string of the molecule is CCOC(=O)CSc1nnc2n1-c1sc3c(c1C1NC(C)NN21)CCCC3. The third-order valence-corrected chi connectivity index (χ3v) is 7.32. The lowest BCUT2D eigenvalue weighted by molar-refractivity contribution is -0.139. The Hall–Kier alpha value is -1.62. The lowest BCUT2D eigenvalue weighted by atomic mass is 9.94. The molecule has 0 aromatic carbocycles. The second kappa shape index (κ2) is 6.77. The molecule has 5 rings (SSSR count). The number of fused-ring (bicyclic) bond motifs is 8. The first-order valence-corrected chi connectivity index (χ1v) is 11.2. The van der Waals surface area contributed by atoms with Gasteiger partial charge in [-0.15, -0.1) is 21.5 Å². The summed E-state index contributed by atoms with van der Waals surface area (Å²) in [5.41, 5.74) is 6.28. The van der Waals surface area contributed by atoms with E-state index in [1.165, 1.54) is 45.6 Å². The van der Waals surface area contributed by atoms with Crippen molar-refractivity contribution < 1.29 is 9.53 Å². The van der Waals surface area contributed by atoms with Crippen LogP contribution in [0, 0.1) is 0 Å². The fraction of sp³-hybridized carbons (Fsp3) is 0.588. The number of hydrogen-bond donors (Lipinski definition) is 2. The van der Waals surface area contributed by atoms with Crippen molar-refractivity contribution in [3.8, 4) is 5.00 Å². The molecular formula is C17H22N6O2S2. The van der Waals surface area contributed by atoms with Crippen molar-refractivity contribution >= 4 is 35.0 Å². The summed E-state index contributed by atoms with van der Waals surface area (Å²) in [6.07, 6.45) is 5.00. The van der Waals surface area contributed by atoms with Gasteiger partial charge in [-0.25, -0.2) is 9.99 Å². The van der Waals surface area contributed by atoms with Gasteiger partial charge < -0.3 is 4.74 Å². The van der Waals surface area contributed by atoms with E-state index in [1.54, 1.807) is 0 Å². The second-order valence-electron chi connectivity index (χ2n) is 6.93. The largest absolute Gasteiger partial charge is 0.465 e. The Morgan fingerprint density at radius 2 is 2.22 bits per heavy atom. The van der Waals surface area contributed by atoms with Crippen LogP contribution < -0.4 is 15.8 Å². The molecule has 0 spiro atoms. The van der Waals surface area contributed by atoms with Gasteiger partial charge in [0, 0.05) is 10.4 Å². The molecule has 2 N–H and O–H groups in total. The number of anilines is 1. The number of aryl methyl sites for hydroxylation is 1. The van der Waals surface area contributed by atoms with Crippen LogP contribution in [0.25, 0.3) is 5.00 Å². The first kappa shape index (κ1) is 17.5. The number of hydrazine groups is 1. The van der Waals surface area contributed by atoms with Crippen molar-refractivity contribution in [2.75, 3.05) is 17.4 Å². The molecule has 0 bridgehead atoms. The zero-order valence-corrected chi connectivity index (χ0v) is 17.0. The highest BCUT2D eigenvalue weighted by molar-refractivity contribution is 7.99. The van der Waals surface area contributed by atoms with E-state index in [2.05, 4.69) is 37.4 Å². The number of aromatic nitrogens is 3. The summed E-state index contributed by atoms with van der Waals surface area (Å²) in [6.45, 7) is 4.31. The monoisotopic (exact) mass is 406 g/mol. The van der Waals surface area contributed by atoms with Gasteiger partial charge in [-0.1, -0.05) is 11.8 Å². The van der Waals surface area contributed by atoms with E-state index in [0.717, 1.165) is 23.9 Å². The molecule has 3 aliphatic rings. The zero-order chi connectivity index (χ0) is 18.5. The third kappa shape index (κ3) is 2.77. The summed E-state index contributed by atoms with van der Waals surface area (Å²) in [5.74, 6) is 0.779. The highest BCUT2D eigenvalue weighted by Gasteiger charge is 2.43. The Balaban J connectivity index is 1.58. The van der Waals surface area contributed by atoms with Gasteiger partial charge >= 0.3 is 5.97 Å². The fourth-order valence-corrected chi connectivity index (χ4v) is 6.26. The average molecular weight is 407 g/mol. The summed E-state index contributed by atoms with van der Waals surface area (Å²) < 4.78 is 7.16. The van der Waals surface area contributed by atoms with E-state index in [1.807, 2.05) is 18.3 Å². The molecule has 2 aromatic heterocycles. The Morgan fingerprint density at radius 1 is 1.37 bits per heavy atom. The molecule has 1 saturated heterocycles. The summed E-state index contributed by atoms with van der Waals surface area (Å²) in [5, 5.41) is 16.4. The number of thioether (sulfide) groups is 1. The molecule has 27 heavy (non-hydrogen) atoms. The lowest BCUT2D eigenvalue weighted by Gasteiger charge is -2.31. The molecule has 10 heteroatoms. The van der Waals surface area contributed by atoms with Crippen LogP contribution in [0.1, 0.15) is 48.9 Å². The van der Waals surface area contributed by atoms with E-state index >= 15 is 0 Å². The van der Waals surface area contributed by atoms with Crippen LogP contribution in [0.5, 0.6) is 0 Å². The maximum Gasteiger partial charge on any atom is 0.316 e. The van der Waals surface area contributed by atoms with Gasteiger partial charge in [-0.05, 0) is 45.1 Å². The molecular weight excluding hydrogens is 384 g/mol. The fourth-order valence-electron chi connectivity index (χ4n) is 4.06. The molecule has 144 valence electrons. The summed E-state index contributed by atoms with van der Waals surface area (Å²) >= 11 is 3.23. The first-order valence-electron chi connectivity index (χ1n) is 9.37. The smallest absolute Gasteiger partial charge is 0.316 e. The highest BCUT2D eigenvalue weighted by atomic mass is 32.2. The van der Waals surface area contributed by atoms with Gasteiger partial charge in [0.05, 0.1) is 18.5 Å². The number of esters is 1. The molecule has 2 atom stereocenters. The standard InChI is InChI=1S/C17H22N6O2S2/c1-3-25-12(24)8-26-17-20-19-16-22(17)15-13(14-18-9(2)21-23(14)16)10-6-4-5-7-11(10)27-15/h9,14,18,21H,3-8H2,1-2H3. The Labute approximate surface area is 165 Å². The van der Waals surface area contributed by atoms with Crippen LogP contribution in [0.2, 0.25) is 0 Å². The molecule has 0 amide bonds. The van der Waals surface area contributed by atoms with Crippen molar-refractivity contribution in [2.45, 2.75) is 57.0 Å². The van der Waals surface area contributed by atoms with E-state index < -0.39 is 0 Å². The van der Waals surface area contributed by atoms with Crippen LogP contribution in [0.3, 0.4) is 0 Å². The first-order chi connectivity index (χ1) is 13.2. The lowest BCUT2D eigenvalue weighted by Crippen LogP contribution is -2.40. The van der Waals surface area contributed by atoms with E-state index in [-0.39, 0.29) is 24.1 Å². The Bertz CT molecular complexity index is 894. The number of nitrogens with zero attached hydrogens (tertiary/aromatic N) is 4. The molecule has 1 aliphatic carbocycles. The molecule has 4 heterocycles.